The van der Waals surface area contributed by atoms with Gasteiger partial charge in [-0.3, -0.25) is 14.5 Å². The fourth-order valence-electron chi connectivity index (χ4n) is 3.09. The van der Waals surface area contributed by atoms with Crippen LogP contribution in [0, 0.1) is 0 Å². The van der Waals surface area contributed by atoms with E-state index in [-0.39, 0.29) is 18.9 Å². The number of aliphatic carboxylic acids is 1. The van der Waals surface area contributed by atoms with Crippen LogP contribution in [-0.4, -0.2) is 76.9 Å². The van der Waals surface area contributed by atoms with Gasteiger partial charge in [0.2, 0.25) is 5.91 Å². The first-order chi connectivity index (χ1) is 10.6. The fourth-order valence-corrected chi connectivity index (χ4v) is 3.09. The Balaban J connectivity index is 1.58. The van der Waals surface area contributed by atoms with Crippen molar-refractivity contribution in [2.75, 3.05) is 39.4 Å². The average Bonchev–Trinajstić information content (AvgIpc) is 3.19. The van der Waals surface area contributed by atoms with Crippen molar-refractivity contribution in [3.05, 3.63) is 18.0 Å². The average molecular weight is 309 g/mol. The number of amides is 1. The highest BCUT2D eigenvalue weighted by Gasteiger charge is 2.48. The number of carbonyl (C=O) groups excluding carboxylic acids is 1. The van der Waals surface area contributed by atoms with E-state index in [1.54, 1.807) is 11.0 Å². The molecule has 0 bridgehead atoms. The SMILES string of the molecule is O=C(Cc1ccon1)N1CCN(C2(C(=O)O)CCOC2)CC1. The summed E-state index contributed by atoms with van der Waals surface area (Å²) < 4.78 is 10.0. The van der Waals surface area contributed by atoms with Crippen LogP contribution in [0.5, 0.6) is 0 Å². The van der Waals surface area contributed by atoms with E-state index in [9.17, 15) is 14.7 Å². The lowest BCUT2D eigenvalue weighted by atomic mass is 9.95. The molecule has 1 aromatic rings. The number of carboxylic acid groups (broad SMARTS) is 1. The summed E-state index contributed by atoms with van der Waals surface area (Å²) in [6.45, 7) is 2.81. The van der Waals surface area contributed by atoms with Crippen molar-refractivity contribution in [3.8, 4) is 0 Å². The number of hydrogen-bond donors (Lipinski definition) is 1. The van der Waals surface area contributed by atoms with Crippen molar-refractivity contribution in [1.29, 1.82) is 0 Å². The second-order valence-corrected chi connectivity index (χ2v) is 5.67. The molecule has 120 valence electrons. The summed E-state index contributed by atoms with van der Waals surface area (Å²) in [5.41, 5.74) is -0.319. The number of carbonyl (C=O) groups is 2. The quantitative estimate of drug-likeness (QED) is 0.808. The van der Waals surface area contributed by atoms with Crippen molar-refractivity contribution >= 4 is 11.9 Å². The molecule has 2 saturated heterocycles. The molecule has 1 unspecified atom stereocenters. The van der Waals surface area contributed by atoms with Gasteiger partial charge in [0.05, 0.1) is 18.7 Å². The molecule has 2 aliphatic rings. The highest BCUT2D eigenvalue weighted by molar-refractivity contribution is 5.80. The number of nitrogens with zero attached hydrogens (tertiary/aromatic N) is 3. The Kier molecular flexibility index (Phi) is 4.12. The van der Waals surface area contributed by atoms with E-state index in [2.05, 4.69) is 5.16 Å². The van der Waals surface area contributed by atoms with E-state index in [1.165, 1.54) is 6.26 Å². The first kappa shape index (κ1) is 15.0. The van der Waals surface area contributed by atoms with Crippen LogP contribution in [0.2, 0.25) is 0 Å². The maximum atomic E-state index is 12.2. The Morgan fingerprint density at radius 3 is 2.64 bits per heavy atom. The third kappa shape index (κ3) is 2.71. The zero-order valence-corrected chi connectivity index (χ0v) is 12.2. The summed E-state index contributed by atoms with van der Waals surface area (Å²) in [5.74, 6) is -0.854. The van der Waals surface area contributed by atoms with Crippen LogP contribution in [0.3, 0.4) is 0 Å². The lowest BCUT2D eigenvalue weighted by Gasteiger charge is -2.42. The zero-order chi connectivity index (χ0) is 15.6. The monoisotopic (exact) mass is 309 g/mol. The normalized spacial score (nSPS) is 26.3. The number of hydrogen-bond acceptors (Lipinski definition) is 6. The van der Waals surface area contributed by atoms with Gasteiger partial charge in [-0.1, -0.05) is 5.16 Å². The molecular weight excluding hydrogens is 290 g/mol. The molecule has 0 aliphatic carbocycles. The van der Waals surface area contributed by atoms with Gasteiger partial charge in [-0.05, 0) is 0 Å². The van der Waals surface area contributed by atoms with Crippen LogP contribution < -0.4 is 0 Å². The molecule has 1 N–H and O–H groups in total. The molecule has 3 heterocycles. The molecule has 22 heavy (non-hydrogen) atoms. The van der Waals surface area contributed by atoms with Gasteiger partial charge in [0.15, 0.2) is 0 Å². The van der Waals surface area contributed by atoms with Crippen molar-refractivity contribution in [1.82, 2.24) is 15.0 Å². The smallest absolute Gasteiger partial charge is 0.326 e. The molecule has 0 aromatic carbocycles. The predicted octanol–water partition coefficient (Wildman–Crippen LogP) is -0.395. The maximum Gasteiger partial charge on any atom is 0.326 e. The van der Waals surface area contributed by atoms with Crippen LogP contribution in [0.25, 0.3) is 0 Å². The largest absolute Gasteiger partial charge is 0.480 e. The predicted molar refractivity (Wildman–Crippen MR) is 74.2 cm³/mol. The molecule has 8 nitrogen and oxygen atoms in total. The Morgan fingerprint density at radius 2 is 2.09 bits per heavy atom. The molecule has 8 heteroatoms. The van der Waals surface area contributed by atoms with E-state index in [0.717, 1.165) is 0 Å². The number of aromatic nitrogens is 1. The molecule has 0 spiro atoms. The van der Waals surface area contributed by atoms with Gasteiger partial charge >= 0.3 is 5.97 Å². The Hall–Kier alpha value is -1.93. The minimum Gasteiger partial charge on any atom is -0.480 e. The Morgan fingerprint density at radius 1 is 1.32 bits per heavy atom. The second-order valence-electron chi connectivity index (χ2n) is 5.67. The van der Waals surface area contributed by atoms with Crippen LogP contribution in [-0.2, 0) is 20.7 Å². The zero-order valence-electron chi connectivity index (χ0n) is 12.2. The van der Waals surface area contributed by atoms with E-state index >= 15 is 0 Å². The summed E-state index contributed by atoms with van der Waals surface area (Å²) in [4.78, 5) is 27.5. The first-order valence-corrected chi connectivity index (χ1v) is 7.35. The third-order valence-electron chi connectivity index (χ3n) is 4.46. The highest BCUT2D eigenvalue weighted by atomic mass is 16.5. The number of ether oxygens (including phenoxy) is 1. The van der Waals surface area contributed by atoms with Crippen LogP contribution in [0.4, 0.5) is 0 Å². The standard InChI is InChI=1S/C14H19N3O5/c18-12(9-11-1-7-22-15-11)16-3-5-17(6-4-16)14(13(19)20)2-8-21-10-14/h1,7H,2-6,8-10H2,(H,19,20). The van der Waals surface area contributed by atoms with Gasteiger partial charge in [0.25, 0.3) is 0 Å². The third-order valence-corrected chi connectivity index (χ3v) is 4.46. The van der Waals surface area contributed by atoms with Gasteiger partial charge in [-0.25, -0.2) is 0 Å². The summed E-state index contributed by atoms with van der Waals surface area (Å²) in [6, 6.07) is 1.67. The lowest BCUT2D eigenvalue weighted by molar-refractivity contribution is -0.153. The maximum absolute atomic E-state index is 12.2. The van der Waals surface area contributed by atoms with Crippen LogP contribution in [0.1, 0.15) is 12.1 Å². The molecule has 0 saturated carbocycles. The second kappa shape index (κ2) is 6.05. The van der Waals surface area contributed by atoms with E-state index in [4.69, 9.17) is 9.26 Å². The van der Waals surface area contributed by atoms with Crippen LogP contribution >= 0.6 is 0 Å². The molecule has 2 fully saturated rings. The van der Waals surface area contributed by atoms with Crippen molar-refractivity contribution in [2.45, 2.75) is 18.4 Å². The van der Waals surface area contributed by atoms with Gasteiger partial charge in [-0.2, -0.15) is 0 Å². The molecular formula is C14H19N3O5. The molecule has 2 aliphatic heterocycles. The van der Waals surface area contributed by atoms with Gasteiger partial charge in [-0.15, -0.1) is 0 Å². The summed E-state index contributed by atoms with van der Waals surface area (Å²) in [7, 11) is 0. The fraction of sp³-hybridized carbons (Fsp3) is 0.643. The summed E-state index contributed by atoms with van der Waals surface area (Å²) >= 11 is 0. The van der Waals surface area contributed by atoms with Crippen molar-refractivity contribution < 1.29 is 24.0 Å². The van der Waals surface area contributed by atoms with Crippen molar-refractivity contribution in [2.24, 2.45) is 0 Å². The van der Waals surface area contributed by atoms with Gasteiger partial charge in [0.1, 0.15) is 11.8 Å². The minimum atomic E-state index is -0.929. The van der Waals surface area contributed by atoms with Gasteiger partial charge < -0.3 is 19.3 Å². The summed E-state index contributed by atoms with van der Waals surface area (Å²) in [5, 5.41) is 13.3. The van der Waals surface area contributed by atoms with E-state index in [1.807, 2.05) is 4.90 Å². The molecule has 3 rings (SSSR count). The van der Waals surface area contributed by atoms with Gasteiger partial charge in [0, 0.05) is 45.3 Å². The minimum absolute atomic E-state index is 0.0133. The summed E-state index contributed by atoms with van der Waals surface area (Å²) in [6.07, 6.45) is 2.15. The Bertz CT molecular complexity index is 531. The number of carboxylic acids is 1. The molecule has 1 atom stereocenters. The molecule has 1 aromatic heterocycles. The van der Waals surface area contributed by atoms with Crippen LogP contribution in [0.15, 0.2) is 16.9 Å². The highest BCUT2D eigenvalue weighted by Crippen LogP contribution is 2.28. The number of rotatable bonds is 4. The first-order valence-electron chi connectivity index (χ1n) is 7.35. The lowest BCUT2D eigenvalue weighted by Crippen LogP contribution is -2.62. The van der Waals surface area contributed by atoms with E-state index < -0.39 is 11.5 Å². The topological polar surface area (TPSA) is 96.1 Å². The number of piperazine rings is 1. The molecule has 1 amide bonds. The van der Waals surface area contributed by atoms with Crippen molar-refractivity contribution in [3.63, 3.8) is 0 Å². The van der Waals surface area contributed by atoms with E-state index in [0.29, 0.717) is 44.9 Å². The Labute approximate surface area is 127 Å². The molecule has 0 radical (unpaired) electrons.